The van der Waals surface area contributed by atoms with Gasteiger partial charge in [-0.25, -0.2) is 0 Å². The third-order valence-corrected chi connectivity index (χ3v) is 2.83. The average Bonchev–Trinajstić information content (AvgIpc) is 2.90. The summed E-state index contributed by atoms with van der Waals surface area (Å²) in [5.41, 5.74) is 2.05. The number of furan rings is 1. The number of nitrogens with one attached hydrogen (secondary N) is 1. The molecule has 0 aliphatic heterocycles. The van der Waals surface area contributed by atoms with Crippen LogP contribution in [0.5, 0.6) is 0 Å². The first-order chi connectivity index (χ1) is 8.09. The van der Waals surface area contributed by atoms with Crippen LogP contribution in [0.25, 0.3) is 0 Å². The van der Waals surface area contributed by atoms with E-state index < -0.39 is 0 Å². The summed E-state index contributed by atoms with van der Waals surface area (Å²) in [5.74, 6) is 0.101. The second-order valence-corrected chi connectivity index (χ2v) is 3.98. The highest BCUT2D eigenvalue weighted by atomic mass is 16.3. The van der Waals surface area contributed by atoms with E-state index >= 15 is 0 Å². The summed E-state index contributed by atoms with van der Waals surface area (Å²) in [6.07, 6.45) is 3.25. The molecule has 17 heavy (non-hydrogen) atoms. The molecule has 2 heterocycles. The van der Waals surface area contributed by atoms with Gasteiger partial charge in [-0.2, -0.15) is 5.10 Å². The van der Waals surface area contributed by atoms with E-state index in [2.05, 4.69) is 10.4 Å². The number of carbonyl (C=O) groups excluding carboxylic acids is 1. The maximum atomic E-state index is 11.8. The van der Waals surface area contributed by atoms with Crippen molar-refractivity contribution in [1.82, 2.24) is 15.1 Å². The average molecular weight is 233 g/mol. The molecular formula is C12H15N3O2. The van der Waals surface area contributed by atoms with Crippen LogP contribution in [0.1, 0.15) is 34.8 Å². The molecule has 0 aliphatic carbocycles. The van der Waals surface area contributed by atoms with Crippen molar-refractivity contribution in [2.45, 2.75) is 19.9 Å². The predicted octanol–water partition coefficient (Wildman–Crippen LogP) is 1.81. The summed E-state index contributed by atoms with van der Waals surface area (Å²) in [4.78, 5) is 11.8. The van der Waals surface area contributed by atoms with Crippen LogP contribution >= 0.6 is 0 Å². The van der Waals surface area contributed by atoms with Gasteiger partial charge in [0, 0.05) is 18.3 Å². The van der Waals surface area contributed by atoms with Crippen molar-refractivity contribution in [2.24, 2.45) is 7.05 Å². The zero-order valence-corrected chi connectivity index (χ0v) is 10.1. The summed E-state index contributed by atoms with van der Waals surface area (Å²) in [6, 6.07) is 3.23. The fraction of sp³-hybridized carbons (Fsp3) is 0.333. The Morgan fingerprint density at radius 2 is 2.35 bits per heavy atom. The normalized spacial score (nSPS) is 12.4. The van der Waals surface area contributed by atoms with Gasteiger partial charge in [0.25, 0.3) is 5.91 Å². The van der Waals surface area contributed by atoms with Crippen molar-refractivity contribution in [1.29, 1.82) is 0 Å². The number of aromatic nitrogens is 2. The zero-order chi connectivity index (χ0) is 12.4. The van der Waals surface area contributed by atoms with E-state index in [9.17, 15) is 4.79 Å². The van der Waals surface area contributed by atoms with Crippen molar-refractivity contribution < 1.29 is 9.21 Å². The van der Waals surface area contributed by atoms with Gasteiger partial charge in [-0.15, -0.1) is 0 Å². The summed E-state index contributed by atoms with van der Waals surface area (Å²) >= 11 is 0. The Labute approximate surface area is 99.4 Å². The van der Waals surface area contributed by atoms with E-state index in [0.717, 1.165) is 11.3 Å². The molecule has 2 aromatic heterocycles. The lowest BCUT2D eigenvalue weighted by Crippen LogP contribution is -2.26. The van der Waals surface area contributed by atoms with E-state index in [0.29, 0.717) is 5.76 Å². The van der Waals surface area contributed by atoms with Gasteiger partial charge in [-0.05, 0) is 26.0 Å². The van der Waals surface area contributed by atoms with Crippen LogP contribution in [0.15, 0.2) is 29.0 Å². The molecule has 0 unspecified atom stereocenters. The number of aryl methyl sites for hydroxylation is 1. The van der Waals surface area contributed by atoms with E-state index in [4.69, 9.17) is 4.42 Å². The fourth-order valence-corrected chi connectivity index (χ4v) is 1.69. The van der Waals surface area contributed by atoms with E-state index in [1.54, 1.807) is 23.0 Å². The molecule has 1 atom stereocenters. The molecule has 0 aromatic carbocycles. The summed E-state index contributed by atoms with van der Waals surface area (Å²) in [6.45, 7) is 3.89. The molecule has 0 spiro atoms. The topological polar surface area (TPSA) is 60.1 Å². The molecule has 0 radical (unpaired) electrons. The Hall–Kier alpha value is -2.04. The lowest BCUT2D eigenvalue weighted by Gasteiger charge is -2.12. The van der Waals surface area contributed by atoms with E-state index in [-0.39, 0.29) is 11.9 Å². The molecule has 0 bridgehead atoms. The molecule has 0 aliphatic rings. The van der Waals surface area contributed by atoms with E-state index in [1.807, 2.05) is 20.9 Å². The fourth-order valence-electron chi connectivity index (χ4n) is 1.69. The minimum Gasteiger partial charge on any atom is -0.459 e. The third kappa shape index (κ3) is 2.22. The Kier molecular flexibility index (Phi) is 2.99. The lowest BCUT2D eigenvalue weighted by atomic mass is 10.1. The Balaban J connectivity index is 2.10. The van der Waals surface area contributed by atoms with Gasteiger partial charge in [-0.3, -0.25) is 9.48 Å². The number of hydrogen-bond donors (Lipinski definition) is 1. The first kappa shape index (κ1) is 11.4. The standard InChI is InChI=1S/C12H15N3O2/c1-8(10-7-13-15(3)9(10)2)14-12(16)11-5-4-6-17-11/h4-8H,1-3H3,(H,14,16)/t8-/m1/s1. The molecule has 2 aromatic rings. The zero-order valence-electron chi connectivity index (χ0n) is 10.1. The van der Waals surface area contributed by atoms with Crippen molar-refractivity contribution in [3.63, 3.8) is 0 Å². The first-order valence-electron chi connectivity index (χ1n) is 5.42. The smallest absolute Gasteiger partial charge is 0.287 e. The van der Waals surface area contributed by atoms with Crippen molar-refractivity contribution in [3.05, 3.63) is 41.6 Å². The number of rotatable bonds is 3. The van der Waals surface area contributed by atoms with Crippen LogP contribution in [0.2, 0.25) is 0 Å². The van der Waals surface area contributed by atoms with Gasteiger partial charge in [0.15, 0.2) is 5.76 Å². The second kappa shape index (κ2) is 4.45. The molecule has 0 saturated heterocycles. The Morgan fingerprint density at radius 3 is 2.88 bits per heavy atom. The maximum absolute atomic E-state index is 11.8. The van der Waals surface area contributed by atoms with Gasteiger partial charge in [-0.1, -0.05) is 0 Å². The molecule has 5 nitrogen and oxygen atoms in total. The van der Waals surface area contributed by atoms with Crippen LogP contribution < -0.4 is 5.32 Å². The molecular weight excluding hydrogens is 218 g/mol. The van der Waals surface area contributed by atoms with Crippen LogP contribution in [0, 0.1) is 6.92 Å². The van der Waals surface area contributed by atoms with Crippen LogP contribution in [-0.2, 0) is 7.05 Å². The van der Waals surface area contributed by atoms with Crippen molar-refractivity contribution in [2.75, 3.05) is 0 Å². The van der Waals surface area contributed by atoms with Crippen LogP contribution in [0.4, 0.5) is 0 Å². The monoisotopic (exact) mass is 233 g/mol. The van der Waals surface area contributed by atoms with Gasteiger partial charge in [0.2, 0.25) is 0 Å². The van der Waals surface area contributed by atoms with Gasteiger partial charge in [0.1, 0.15) is 0 Å². The summed E-state index contributed by atoms with van der Waals surface area (Å²) in [7, 11) is 1.87. The predicted molar refractivity (Wildman–Crippen MR) is 62.5 cm³/mol. The van der Waals surface area contributed by atoms with Crippen LogP contribution in [-0.4, -0.2) is 15.7 Å². The van der Waals surface area contributed by atoms with Gasteiger partial charge in [0.05, 0.1) is 18.5 Å². The molecule has 5 heteroatoms. The van der Waals surface area contributed by atoms with Crippen molar-refractivity contribution in [3.8, 4) is 0 Å². The molecule has 1 amide bonds. The number of nitrogens with zero attached hydrogens (tertiary/aromatic N) is 2. The highest BCUT2D eigenvalue weighted by molar-refractivity contribution is 5.91. The van der Waals surface area contributed by atoms with E-state index in [1.165, 1.54) is 6.26 Å². The quantitative estimate of drug-likeness (QED) is 0.879. The Morgan fingerprint density at radius 1 is 1.59 bits per heavy atom. The number of hydrogen-bond acceptors (Lipinski definition) is 3. The maximum Gasteiger partial charge on any atom is 0.287 e. The van der Waals surface area contributed by atoms with Crippen LogP contribution in [0.3, 0.4) is 0 Å². The molecule has 90 valence electrons. The minimum atomic E-state index is -0.217. The second-order valence-electron chi connectivity index (χ2n) is 3.98. The lowest BCUT2D eigenvalue weighted by molar-refractivity contribution is 0.0912. The highest BCUT2D eigenvalue weighted by Gasteiger charge is 2.16. The Bertz CT molecular complexity index is 514. The van der Waals surface area contributed by atoms with Gasteiger partial charge < -0.3 is 9.73 Å². The van der Waals surface area contributed by atoms with Gasteiger partial charge >= 0.3 is 0 Å². The SMILES string of the molecule is Cc1c([C@@H](C)NC(=O)c2ccco2)cnn1C. The number of carbonyl (C=O) groups is 1. The largest absolute Gasteiger partial charge is 0.459 e. The first-order valence-corrected chi connectivity index (χ1v) is 5.42. The summed E-state index contributed by atoms with van der Waals surface area (Å²) in [5, 5.41) is 7.02. The third-order valence-electron chi connectivity index (χ3n) is 2.83. The highest BCUT2D eigenvalue weighted by Crippen LogP contribution is 2.16. The molecule has 2 rings (SSSR count). The summed E-state index contributed by atoms with van der Waals surface area (Å²) < 4.78 is 6.82. The number of amides is 1. The molecule has 1 N–H and O–H groups in total. The molecule has 0 saturated carbocycles. The molecule has 0 fully saturated rings. The minimum absolute atomic E-state index is 0.0960. The van der Waals surface area contributed by atoms with Crippen molar-refractivity contribution >= 4 is 5.91 Å².